The standard InChI is InChI=1S/C7H14N2/c1-6(2)3-7-4-8-5-9-7/h6,8H,3-5H2,1-2H3. The largest absolute Gasteiger partial charge is 0.293 e. The van der Waals surface area contributed by atoms with Gasteiger partial charge >= 0.3 is 0 Å². The van der Waals surface area contributed by atoms with E-state index in [2.05, 4.69) is 24.2 Å². The van der Waals surface area contributed by atoms with Gasteiger partial charge < -0.3 is 0 Å². The zero-order valence-electron chi connectivity index (χ0n) is 6.15. The molecule has 0 atom stereocenters. The van der Waals surface area contributed by atoms with Crippen molar-refractivity contribution < 1.29 is 0 Å². The molecule has 1 rings (SSSR count). The van der Waals surface area contributed by atoms with Gasteiger partial charge in [0.15, 0.2) is 0 Å². The number of rotatable bonds is 2. The van der Waals surface area contributed by atoms with Crippen molar-refractivity contribution in [3.63, 3.8) is 0 Å². The van der Waals surface area contributed by atoms with Gasteiger partial charge in [-0.3, -0.25) is 10.3 Å². The molecule has 0 fully saturated rings. The lowest BCUT2D eigenvalue weighted by molar-refractivity contribution is 0.680. The van der Waals surface area contributed by atoms with Crippen molar-refractivity contribution in [3.8, 4) is 0 Å². The van der Waals surface area contributed by atoms with Crippen LogP contribution in [0.5, 0.6) is 0 Å². The molecule has 1 aliphatic rings. The molecular weight excluding hydrogens is 112 g/mol. The molecule has 2 nitrogen and oxygen atoms in total. The number of aliphatic imine (C=N–C) groups is 1. The van der Waals surface area contributed by atoms with Crippen LogP contribution in [0.2, 0.25) is 0 Å². The Labute approximate surface area is 56.4 Å². The molecule has 0 aromatic carbocycles. The number of hydrogen-bond donors (Lipinski definition) is 1. The van der Waals surface area contributed by atoms with Crippen LogP contribution in [0.4, 0.5) is 0 Å². The first-order valence-corrected chi connectivity index (χ1v) is 3.52. The van der Waals surface area contributed by atoms with Gasteiger partial charge in [-0.1, -0.05) is 13.8 Å². The molecule has 0 aliphatic carbocycles. The highest BCUT2D eigenvalue weighted by Crippen LogP contribution is 2.02. The molecule has 9 heavy (non-hydrogen) atoms. The average Bonchev–Trinajstić information content (AvgIpc) is 2.15. The van der Waals surface area contributed by atoms with E-state index in [4.69, 9.17) is 0 Å². The molecule has 2 heteroatoms. The topological polar surface area (TPSA) is 24.4 Å². The summed E-state index contributed by atoms with van der Waals surface area (Å²) in [6.45, 7) is 6.29. The lowest BCUT2D eigenvalue weighted by Gasteiger charge is -2.01. The molecule has 1 aliphatic heterocycles. The molecule has 0 radical (unpaired) electrons. The molecule has 0 bridgehead atoms. The highest BCUT2D eigenvalue weighted by atomic mass is 15.1. The summed E-state index contributed by atoms with van der Waals surface area (Å²) in [5.41, 5.74) is 1.34. The van der Waals surface area contributed by atoms with Crippen molar-refractivity contribution in [2.45, 2.75) is 20.3 Å². The van der Waals surface area contributed by atoms with Gasteiger partial charge in [-0.25, -0.2) is 0 Å². The summed E-state index contributed by atoms with van der Waals surface area (Å²) in [7, 11) is 0. The first kappa shape index (κ1) is 6.75. The van der Waals surface area contributed by atoms with Crippen LogP contribution >= 0.6 is 0 Å². The van der Waals surface area contributed by atoms with Crippen LogP contribution in [0.1, 0.15) is 20.3 Å². The van der Waals surface area contributed by atoms with Crippen molar-refractivity contribution in [1.29, 1.82) is 0 Å². The van der Waals surface area contributed by atoms with Crippen LogP contribution in [0.3, 0.4) is 0 Å². The molecule has 1 heterocycles. The third kappa shape index (κ3) is 2.14. The normalized spacial score (nSPS) is 18.8. The van der Waals surface area contributed by atoms with Gasteiger partial charge in [0.1, 0.15) is 0 Å². The fourth-order valence-electron chi connectivity index (χ4n) is 1.03. The number of hydrogen-bond acceptors (Lipinski definition) is 2. The minimum Gasteiger partial charge on any atom is -0.293 e. The predicted octanol–water partition coefficient (Wildman–Crippen LogP) is 1.03. The Balaban J connectivity index is 2.26. The van der Waals surface area contributed by atoms with E-state index in [1.54, 1.807) is 0 Å². The quantitative estimate of drug-likeness (QED) is 0.587. The molecule has 0 saturated heterocycles. The molecule has 52 valence electrons. The molecule has 0 saturated carbocycles. The maximum absolute atomic E-state index is 4.28. The summed E-state index contributed by atoms with van der Waals surface area (Å²) in [4.78, 5) is 4.28. The zero-order valence-corrected chi connectivity index (χ0v) is 6.15. The van der Waals surface area contributed by atoms with E-state index < -0.39 is 0 Å². The second kappa shape index (κ2) is 2.97. The first-order chi connectivity index (χ1) is 4.29. The first-order valence-electron chi connectivity index (χ1n) is 3.52. The van der Waals surface area contributed by atoms with Gasteiger partial charge in [0.25, 0.3) is 0 Å². The Hall–Kier alpha value is -0.370. The molecule has 0 aromatic rings. The summed E-state index contributed by atoms with van der Waals surface area (Å²) in [5.74, 6) is 0.753. The van der Waals surface area contributed by atoms with Crippen molar-refractivity contribution in [2.24, 2.45) is 10.9 Å². The van der Waals surface area contributed by atoms with Crippen LogP contribution in [0.15, 0.2) is 4.99 Å². The van der Waals surface area contributed by atoms with E-state index >= 15 is 0 Å². The van der Waals surface area contributed by atoms with Gasteiger partial charge in [0.2, 0.25) is 0 Å². The molecule has 0 spiro atoms. The predicted molar refractivity (Wildman–Crippen MR) is 39.8 cm³/mol. The van der Waals surface area contributed by atoms with Crippen molar-refractivity contribution in [3.05, 3.63) is 0 Å². The van der Waals surface area contributed by atoms with Crippen LogP contribution in [-0.4, -0.2) is 18.9 Å². The summed E-state index contributed by atoms with van der Waals surface area (Å²) >= 11 is 0. The van der Waals surface area contributed by atoms with Crippen LogP contribution in [0.25, 0.3) is 0 Å². The zero-order chi connectivity index (χ0) is 6.69. The smallest absolute Gasteiger partial charge is 0.0887 e. The molecule has 0 unspecified atom stereocenters. The van der Waals surface area contributed by atoms with E-state index in [-0.39, 0.29) is 0 Å². The SMILES string of the molecule is CC(C)CC1=NCNC1. The third-order valence-corrected chi connectivity index (χ3v) is 1.39. The molecule has 1 N–H and O–H groups in total. The van der Waals surface area contributed by atoms with Crippen LogP contribution in [0, 0.1) is 5.92 Å². The Bertz CT molecular complexity index is 116. The Morgan fingerprint density at radius 1 is 1.67 bits per heavy atom. The van der Waals surface area contributed by atoms with Crippen molar-refractivity contribution in [1.82, 2.24) is 5.32 Å². The summed E-state index contributed by atoms with van der Waals surface area (Å²) < 4.78 is 0. The van der Waals surface area contributed by atoms with Gasteiger partial charge in [-0.05, 0) is 12.3 Å². The van der Waals surface area contributed by atoms with E-state index in [1.165, 1.54) is 5.71 Å². The molecular formula is C7H14N2. The monoisotopic (exact) mass is 126 g/mol. The maximum Gasteiger partial charge on any atom is 0.0887 e. The Morgan fingerprint density at radius 3 is 2.89 bits per heavy atom. The third-order valence-electron chi connectivity index (χ3n) is 1.39. The summed E-state index contributed by atoms with van der Waals surface area (Å²) in [6, 6.07) is 0. The van der Waals surface area contributed by atoms with Gasteiger partial charge in [0, 0.05) is 12.3 Å². The Morgan fingerprint density at radius 2 is 2.44 bits per heavy atom. The average molecular weight is 126 g/mol. The molecule has 0 amide bonds. The lowest BCUT2D eigenvalue weighted by atomic mass is 10.1. The number of nitrogens with one attached hydrogen (secondary N) is 1. The van der Waals surface area contributed by atoms with Gasteiger partial charge in [0.05, 0.1) is 6.67 Å². The maximum atomic E-state index is 4.28. The van der Waals surface area contributed by atoms with Crippen LogP contribution in [-0.2, 0) is 0 Å². The van der Waals surface area contributed by atoms with E-state index in [1.807, 2.05) is 0 Å². The second-order valence-electron chi connectivity index (χ2n) is 2.91. The minimum absolute atomic E-state index is 0.753. The van der Waals surface area contributed by atoms with Crippen molar-refractivity contribution >= 4 is 5.71 Å². The van der Waals surface area contributed by atoms with Crippen LogP contribution < -0.4 is 5.32 Å². The highest BCUT2D eigenvalue weighted by molar-refractivity contribution is 5.87. The fourth-order valence-corrected chi connectivity index (χ4v) is 1.03. The van der Waals surface area contributed by atoms with Gasteiger partial charge in [-0.15, -0.1) is 0 Å². The fraction of sp³-hybridized carbons (Fsp3) is 0.857. The van der Waals surface area contributed by atoms with E-state index in [0.717, 1.165) is 25.6 Å². The Kier molecular flexibility index (Phi) is 2.22. The minimum atomic E-state index is 0.753. The van der Waals surface area contributed by atoms with Gasteiger partial charge in [-0.2, -0.15) is 0 Å². The van der Waals surface area contributed by atoms with Crippen molar-refractivity contribution in [2.75, 3.05) is 13.2 Å². The van der Waals surface area contributed by atoms with E-state index in [0.29, 0.717) is 0 Å². The lowest BCUT2D eigenvalue weighted by Crippen LogP contribution is -2.14. The number of nitrogens with zero attached hydrogens (tertiary/aromatic N) is 1. The highest BCUT2D eigenvalue weighted by Gasteiger charge is 2.05. The second-order valence-corrected chi connectivity index (χ2v) is 2.91. The molecule has 0 aromatic heterocycles. The summed E-state index contributed by atoms with van der Waals surface area (Å²) in [6.07, 6.45) is 1.16. The van der Waals surface area contributed by atoms with E-state index in [9.17, 15) is 0 Å². The summed E-state index contributed by atoms with van der Waals surface area (Å²) in [5, 5.41) is 3.17.